The minimum absolute atomic E-state index is 0.191. The molecule has 0 aliphatic carbocycles. The van der Waals surface area contributed by atoms with E-state index in [0.717, 1.165) is 16.9 Å². The molecule has 0 unspecified atom stereocenters. The summed E-state index contributed by atoms with van der Waals surface area (Å²) in [5.41, 5.74) is 5.18. The maximum Gasteiger partial charge on any atom is 0.254 e. The van der Waals surface area contributed by atoms with Gasteiger partial charge in [-0.05, 0) is 31.5 Å². The number of rotatable bonds is 5. The third kappa shape index (κ3) is 3.68. The molecule has 0 aliphatic heterocycles. The van der Waals surface area contributed by atoms with E-state index in [1.807, 2.05) is 19.1 Å². The summed E-state index contributed by atoms with van der Waals surface area (Å²) in [5.74, 6) is -0.191. The molecule has 0 radical (unpaired) electrons. The van der Waals surface area contributed by atoms with Crippen LogP contribution in [0.4, 0.5) is 0 Å². The summed E-state index contributed by atoms with van der Waals surface area (Å²) in [5, 5.41) is 7.96. The van der Waals surface area contributed by atoms with Crippen LogP contribution in [0.15, 0.2) is 53.9 Å². The first-order valence-electron chi connectivity index (χ1n) is 8.02. The van der Waals surface area contributed by atoms with Crippen LogP contribution in [0.5, 0.6) is 0 Å². The number of aliphatic imine (C=N–C) groups is 1. The van der Waals surface area contributed by atoms with Crippen molar-refractivity contribution >= 4 is 22.5 Å². The minimum Gasteiger partial charge on any atom is -0.354 e. The van der Waals surface area contributed by atoms with Gasteiger partial charge >= 0.3 is 0 Å². The highest BCUT2D eigenvalue weighted by atomic mass is 16.1. The lowest BCUT2D eigenvalue weighted by atomic mass is 10.1. The molecule has 0 bridgehead atoms. The molecular weight excluding hydrogens is 314 g/mol. The van der Waals surface area contributed by atoms with Gasteiger partial charge in [-0.1, -0.05) is 18.7 Å². The van der Waals surface area contributed by atoms with Gasteiger partial charge in [0.1, 0.15) is 0 Å². The van der Waals surface area contributed by atoms with Crippen LogP contribution in [-0.2, 0) is 7.05 Å². The Morgan fingerprint density at radius 3 is 2.92 bits per heavy atom. The van der Waals surface area contributed by atoms with Crippen molar-refractivity contribution in [3.63, 3.8) is 0 Å². The first-order valence-corrected chi connectivity index (χ1v) is 8.02. The summed E-state index contributed by atoms with van der Waals surface area (Å²) in [7, 11) is 1.77. The number of carbonyl (C=O) groups is 1. The van der Waals surface area contributed by atoms with Gasteiger partial charge in [-0.15, -0.1) is 0 Å². The molecule has 0 saturated heterocycles. The van der Waals surface area contributed by atoms with E-state index >= 15 is 0 Å². The van der Waals surface area contributed by atoms with Crippen molar-refractivity contribution in [2.75, 3.05) is 6.54 Å². The molecule has 1 amide bonds. The van der Waals surface area contributed by atoms with Gasteiger partial charge in [-0.2, -0.15) is 5.10 Å². The normalized spacial score (nSPS) is 11.7. The number of aryl methyl sites for hydroxylation is 2. The van der Waals surface area contributed by atoms with E-state index in [0.29, 0.717) is 11.3 Å². The Labute approximate surface area is 146 Å². The number of nitrogens with zero attached hydrogens (tertiary/aromatic N) is 3. The van der Waals surface area contributed by atoms with Gasteiger partial charge in [-0.25, -0.2) is 0 Å². The molecule has 0 saturated carbocycles. The lowest BCUT2D eigenvalue weighted by Crippen LogP contribution is -2.24. The van der Waals surface area contributed by atoms with Crippen molar-refractivity contribution in [1.29, 1.82) is 0 Å². The third-order valence-electron chi connectivity index (χ3n) is 4.02. The fraction of sp³-hybridized carbons (Fsp3) is 0.211. The highest BCUT2D eigenvalue weighted by Crippen LogP contribution is 2.19. The smallest absolute Gasteiger partial charge is 0.254 e. The van der Waals surface area contributed by atoms with Crippen LogP contribution in [0.25, 0.3) is 10.9 Å². The van der Waals surface area contributed by atoms with E-state index in [4.69, 9.17) is 0 Å². The number of aromatic amines is 1. The SMILES string of the molecule is C=C(CNC(=O)c1cnn(C)c1)/N=C(\C)c1cc2c(C)cccc2[nH]1. The molecule has 2 aromatic heterocycles. The zero-order valence-corrected chi connectivity index (χ0v) is 14.6. The fourth-order valence-electron chi connectivity index (χ4n) is 2.66. The molecule has 6 nitrogen and oxygen atoms in total. The number of H-pyrrole nitrogens is 1. The van der Waals surface area contributed by atoms with Gasteiger partial charge in [0.15, 0.2) is 0 Å². The second-order valence-corrected chi connectivity index (χ2v) is 6.07. The van der Waals surface area contributed by atoms with Gasteiger partial charge in [-0.3, -0.25) is 14.5 Å². The molecule has 6 heteroatoms. The summed E-state index contributed by atoms with van der Waals surface area (Å²) in [4.78, 5) is 19.9. The molecular formula is C19H21N5O. The number of aromatic nitrogens is 3. The second kappa shape index (κ2) is 6.76. The maximum atomic E-state index is 12.0. The molecule has 1 aromatic carbocycles. The summed E-state index contributed by atoms with van der Waals surface area (Å²) in [6.07, 6.45) is 3.19. The predicted molar refractivity (Wildman–Crippen MR) is 99.9 cm³/mol. The standard InChI is InChI=1S/C19H21N5O/c1-12-6-5-7-17-16(12)8-18(23-17)14(3)22-13(2)9-20-19(25)15-10-21-24(4)11-15/h5-8,10-11,23H,2,9H2,1,3-4H3,(H,20,25)/b22-14+. The molecule has 0 spiro atoms. The number of hydrogen-bond donors (Lipinski definition) is 2. The molecule has 2 heterocycles. The average molecular weight is 335 g/mol. The first kappa shape index (κ1) is 16.7. The van der Waals surface area contributed by atoms with E-state index < -0.39 is 0 Å². The van der Waals surface area contributed by atoms with E-state index in [-0.39, 0.29) is 12.5 Å². The monoisotopic (exact) mass is 335 g/mol. The van der Waals surface area contributed by atoms with Crippen molar-refractivity contribution < 1.29 is 4.79 Å². The number of fused-ring (bicyclic) bond motifs is 1. The number of hydrogen-bond acceptors (Lipinski definition) is 3. The second-order valence-electron chi connectivity index (χ2n) is 6.07. The van der Waals surface area contributed by atoms with Crippen LogP contribution in [-0.4, -0.2) is 32.9 Å². The lowest BCUT2D eigenvalue weighted by Gasteiger charge is -2.04. The van der Waals surface area contributed by atoms with E-state index in [2.05, 4.69) is 46.0 Å². The molecule has 128 valence electrons. The largest absolute Gasteiger partial charge is 0.354 e. The Bertz CT molecular complexity index is 977. The molecule has 3 rings (SSSR count). The number of amides is 1. The van der Waals surface area contributed by atoms with Crippen LogP contribution in [0.3, 0.4) is 0 Å². The van der Waals surface area contributed by atoms with Gasteiger partial charge in [0.05, 0.1) is 35.4 Å². The molecule has 0 aliphatic rings. The van der Waals surface area contributed by atoms with Crippen molar-refractivity contribution in [3.05, 3.63) is 65.8 Å². The number of benzene rings is 1. The average Bonchev–Trinajstić information content (AvgIpc) is 3.19. The zero-order valence-electron chi connectivity index (χ0n) is 14.6. The highest BCUT2D eigenvalue weighted by Gasteiger charge is 2.09. The van der Waals surface area contributed by atoms with E-state index in [1.165, 1.54) is 17.1 Å². The topological polar surface area (TPSA) is 75.1 Å². The molecule has 25 heavy (non-hydrogen) atoms. The van der Waals surface area contributed by atoms with Crippen molar-refractivity contribution in [2.24, 2.45) is 12.0 Å². The predicted octanol–water partition coefficient (Wildman–Crippen LogP) is 2.96. The Morgan fingerprint density at radius 2 is 2.24 bits per heavy atom. The van der Waals surface area contributed by atoms with Crippen LogP contribution < -0.4 is 5.32 Å². The van der Waals surface area contributed by atoms with Crippen LogP contribution in [0.1, 0.15) is 28.5 Å². The van der Waals surface area contributed by atoms with Crippen molar-refractivity contribution in [1.82, 2.24) is 20.1 Å². The number of nitrogens with one attached hydrogen (secondary N) is 2. The molecule has 0 fully saturated rings. The quantitative estimate of drug-likeness (QED) is 0.703. The summed E-state index contributed by atoms with van der Waals surface area (Å²) in [6, 6.07) is 8.24. The van der Waals surface area contributed by atoms with E-state index in [9.17, 15) is 4.79 Å². The van der Waals surface area contributed by atoms with Gasteiger partial charge in [0.25, 0.3) is 5.91 Å². The van der Waals surface area contributed by atoms with Crippen LogP contribution >= 0.6 is 0 Å². The Morgan fingerprint density at radius 1 is 1.44 bits per heavy atom. The Kier molecular flexibility index (Phi) is 4.52. The van der Waals surface area contributed by atoms with E-state index in [1.54, 1.807) is 17.9 Å². The van der Waals surface area contributed by atoms with Gasteiger partial charge in [0, 0.05) is 24.1 Å². The maximum absolute atomic E-state index is 12.0. The minimum atomic E-state index is -0.191. The van der Waals surface area contributed by atoms with Crippen LogP contribution in [0, 0.1) is 6.92 Å². The molecule has 3 aromatic rings. The lowest BCUT2D eigenvalue weighted by molar-refractivity contribution is 0.0957. The summed E-state index contributed by atoms with van der Waals surface area (Å²) in [6.45, 7) is 8.22. The summed E-state index contributed by atoms with van der Waals surface area (Å²) >= 11 is 0. The number of carbonyl (C=O) groups excluding carboxylic acids is 1. The summed E-state index contributed by atoms with van der Waals surface area (Å²) < 4.78 is 1.59. The molecule has 2 N–H and O–H groups in total. The van der Waals surface area contributed by atoms with Crippen molar-refractivity contribution in [2.45, 2.75) is 13.8 Å². The van der Waals surface area contributed by atoms with Crippen LogP contribution in [0.2, 0.25) is 0 Å². The zero-order chi connectivity index (χ0) is 18.0. The first-order chi connectivity index (χ1) is 11.9. The fourth-order valence-corrected chi connectivity index (χ4v) is 2.66. The van der Waals surface area contributed by atoms with Gasteiger partial charge in [0.2, 0.25) is 0 Å². The Balaban J connectivity index is 1.67. The third-order valence-corrected chi connectivity index (χ3v) is 4.02. The molecule has 0 atom stereocenters. The van der Waals surface area contributed by atoms with Gasteiger partial charge < -0.3 is 10.3 Å². The highest BCUT2D eigenvalue weighted by molar-refractivity contribution is 6.02. The van der Waals surface area contributed by atoms with Crippen molar-refractivity contribution in [3.8, 4) is 0 Å². The Hall–Kier alpha value is -3.15.